The zero-order chi connectivity index (χ0) is 29.9. The standard InChI is InChI=1S/C22H29N10O9P/c1-8(15-13(34)14(35)21(40-15)31-6-27-11-16(23)25-5-26-17(11)31)41-42(37,38)10-4-9(2-3-33)39-20(10)32-7-28-12-18(32)29-22(24)30-19(12)36/h5-10,13-15,20-21,33-35H,2-4H2,1H3,(H,37,38)(H2,23,25,26)(H3,24,29,30,36)/t8-,9+,10+,13-,14+,15-,20+,21+/m0/s1. The van der Waals surface area contributed by atoms with Crippen molar-refractivity contribution in [1.82, 2.24) is 39.0 Å². The van der Waals surface area contributed by atoms with E-state index in [0.29, 0.717) is 0 Å². The van der Waals surface area contributed by atoms with E-state index in [1.54, 1.807) is 0 Å². The Balaban J connectivity index is 1.26. The lowest BCUT2D eigenvalue weighted by Crippen LogP contribution is -2.38. The number of imidazole rings is 2. The van der Waals surface area contributed by atoms with Crippen molar-refractivity contribution >= 4 is 41.7 Å². The second-order valence-electron chi connectivity index (χ2n) is 10.2. The molecule has 42 heavy (non-hydrogen) atoms. The van der Waals surface area contributed by atoms with Gasteiger partial charge in [0.2, 0.25) is 5.95 Å². The van der Waals surface area contributed by atoms with E-state index < -0.39 is 61.8 Å². The number of aliphatic hydroxyl groups excluding tert-OH is 3. The van der Waals surface area contributed by atoms with E-state index in [1.807, 2.05) is 0 Å². The third-order valence-corrected chi connectivity index (χ3v) is 9.42. The molecule has 20 heteroatoms. The minimum absolute atomic E-state index is 0.00551. The van der Waals surface area contributed by atoms with Crippen molar-refractivity contribution < 1.29 is 38.8 Å². The number of nitrogens with one attached hydrogen (secondary N) is 1. The lowest BCUT2D eigenvalue weighted by molar-refractivity contribution is -0.0735. The summed E-state index contributed by atoms with van der Waals surface area (Å²) in [6.45, 7) is 1.18. The molecule has 6 heterocycles. The van der Waals surface area contributed by atoms with Crippen molar-refractivity contribution in [3.05, 3.63) is 29.3 Å². The Morgan fingerprint density at radius 2 is 1.81 bits per heavy atom. The molecule has 0 spiro atoms. The smallest absolute Gasteiger partial charge is 0.336 e. The first-order valence-electron chi connectivity index (χ1n) is 12.9. The number of fused-ring (bicyclic) bond motifs is 2. The van der Waals surface area contributed by atoms with Crippen molar-refractivity contribution in [2.45, 2.75) is 68.4 Å². The number of anilines is 2. The molecule has 0 saturated carbocycles. The van der Waals surface area contributed by atoms with Crippen LogP contribution in [0.25, 0.3) is 22.3 Å². The summed E-state index contributed by atoms with van der Waals surface area (Å²) in [6, 6.07) is 0. The van der Waals surface area contributed by atoms with Gasteiger partial charge in [0.15, 0.2) is 35.1 Å². The Labute approximate surface area is 235 Å². The molecule has 2 aliphatic rings. The van der Waals surface area contributed by atoms with Crippen LogP contribution in [-0.4, -0.2) is 102 Å². The van der Waals surface area contributed by atoms with Gasteiger partial charge in [-0.3, -0.25) is 23.5 Å². The maximum absolute atomic E-state index is 13.8. The molecule has 4 aromatic rings. The van der Waals surface area contributed by atoms with E-state index in [9.17, 15) is 29.6 Å². The van der Waals surface area contributed by atoms with Crippen LogP contribution in [0.2, 0.25) is 0 Å². The first-order chi connectivity index (χ1) is 20.0. The first kappa shape index (κ1) is 28.6. The van der Waals surface area contributed by atoms with Crippen molar-refractivity contribution in [2.24, 2.45) is 0 Å². The molecular weight excluding hydrogens is 579 g/mol. The number of nitrogens with zero attached hydrogens (tertiary/aromatic N) is 7. The van der Waals surface area contributed by atoms with Gasteiger partial charge in [-0.15, -0.1) is 0 Å². The van der Waals surface area contributed by atoms with E-state index >= 15 is 0 Å². The average Bonchev–Trinajstić information content (AvgIpc) is 3.70. The molecule has 6 rings (SSSR count). The van der Waals surface area contributed by atoms with Crippen LogP contribution in [0.1, 0.15) is 32.2 Å². The average molecular weight is 609 g/mol. The highest BCUT2D eigenvalue weighted by Gasteiger charge is 2.52. The first-order valence-corrected chi connectivity index (χ1v) is 14.6. The number of ether oxygens (including phenoxy) is 2. The Bertz CT molecular complexity index is 1730. The number of H-pyrrole nitrogens is 1. The van der Waals surface area contributed by atoms with Crippen LogP contribution in [0.3, 0.4) is 0 Å². The quantitative estimate of drug-likeness (QED) is 0.111. The molecule has 0 radical (unpaired) electrons. The zero-order valence-electron chi connectivity index (χ0n) is 22.0. The van der Waals surface area contributed by atoms with Crippen molar-refractivity contribution in [3.63, 3.8) is 0 Å². The molecular formula is C22H29N10O9P. The highest BCUT2D eigenvalue weighted by atomic mass is 31.2. The number of hydrogen-bond acceptors (Lipinski definition) is 15. The number of aliphatic hydroxyl groups is 3. The molecule has 2 aliphatic heterocycles. The number of hydrogen-bond donors (Lipinski definition) is 7. The maximum atomic E-state index is 13.8. The molecule has 0 amide bonds. The van der Waals surface area contributed by atoms with Crippen LogP contribution >= 0.6 is 7.60 Å². The summed E-state index contributed by atoms with van der Waals surface area (Å²) in [5.74, 6) is -0.0738. The van der Waals surface area contributed by atoms with Crippen LogP contribution in [0.4, 0.5) is 11.8 Å². The highest BCUT2D eigenvalue weighted by Crippen LogP contribution is 2.58. The third-order valence-electron chi connectivity index (χ3n) is 7.48. The van der Waals surface area contributed by atoms with E-state index in [-0.39, 0.29) is 53.5 Å². The lowest BCUT2D eigenvalue weighted by Gasteiger charge is -2.29. The summed E-state index contributed by atoms with van der Waals surface area (Å²) in [4.78, 5) is 46.2. The summed E-state index contributed by atoms with van der Waals surface area (Å²) in [6.07, 6.45) is -4.47. The summed E-state index contributed by atoms with van der Waals surface area (Å²) < 4.78 is 34.1. The molecule has 9 atom stereocenters. The molecule has 0 aromatic carbocycles. The van der Waals surface area contributed by atoms with Gasteiger partial charge in [0, 0.05) is 6.61 Å². The molecule has 0 aliphatic carbocycles. The number of nitrogen functional groups attached to an aromatic ring is 2. The number of aromatic amines is 1. The Hall–Kier alpha value is -3.55. The fourth-order valence-electron chi connectivity index (χ4n) is 5.47. The maximum Gasteiger partial charge on any atom is 0.336 e. The fraction of sp³-hybridized carbons (Fsp3) is 0.545. The number of aromatic nitrogens is 8. The van der Waals surface area contributed by atoms with E-state index in [4.69, 9.17) is 25.5 Å². The van der Waals surface area contributed by atoms with Gasteiger partial charge in [-0.2, -0.15) is 4.98 Å². The SMILES string of the molecule is C[C@H](OP(=O)(O)[C@@H]1C[C@@H](CCO)O[C@H]1n1cnc2c(=O)[nH]c(N)nc21)[C@@H]1O[C@@H](n2cnc3c(N)ncnc32)[C@H](O)[C@@H]1O. The number of rotatable bonds is 8. The molecule has 2 fully saturated rings. The zero-order valence-corrected chi connectivity index (χ0v) is 22.9. The van der Waals surface area contributed by atoms with Gasteiger partial charge in [-0.1, -0.05) is 0 Å². The predicted octanol–water partition coefficient (Wildman–Crippen LogP) is -1.63. The van der Waals surface area contributed by atoms with Gasteiger partial charge in [0.05, 0.1) is 24.9 Å². The summed E-state index contributed by atoms with van der Waals surface area (Å²) >= 11 is 0. The monoisotopic (exact) mass is 608 g/mol. The molecule has 19 nitrogen and oxygen atoms in total. The Kier molecular flexibility index (Phi) is 7.22. The molecule has 1 unspecified atom stereocenters. The second-order valence-corrected chi connectivity index (χ2v) is 12.2. The Morgan fingerprint density at radius 3 is 2.55 bits per heavy atom. The minimum atomic E-state index is -4.61. The largest absolute Gasteiger partial charge is 0.396 e. The van der Waals surface area contributed by atoms with Gasteiger partial charge in [-0.25, -0.2) is 19.9 Å². The van der Waals surface area contributed by atoms with E-state index in [0.717, 1.165) is 0 Å². The normalized spacial score (nSPS) is 30.3. The summed E-state index contributed by atoms with van der Waals surface area (Å²) in [7, 11) is -4.61. The van der Waals surface area contributed by atoms with Gasteiger partial charge in [0.25, 0.3) is 5.56 Å². The molecule has 0 bridgehead atoms. The third kappa shape index (κ3) is 4.73. The molecule has 2 saturated heterocycles. The van der Waals surface area contributed by atoms with Crippen molar-refractivity contribution in [1.29, 1.82) is 0 Å². The van der Waals surface area contributed by atoms with Crippen LogP contribution < -0.4 is 17.0 Å². The topological polar surface area (TPSA) is 285 Å². The second kappa shape index (κ2) is 10.6. The molecule has 226 valence electrons. The van der Waals surface area contributed by atoms with Crippen molar-refractivity contribution in [3.8, 4) is 0 Å². The van der Waals surface area contributed by atoms with Crippen LogP contribution in [0.15, 0.2) is 23.8 Å². The van der Waals surface area contributed by atoms with Gasteiger partial charge in [0.1, 0.15) is 35.8 Å². The molecule has 4 aromatic heterocycles. The van der Waals surface area contributed by atoms with E-state index in [1.165, 1.54) is 35.0 Å². The van der Waals surface area contributed by atoms with Gasteiger partial charge in [-0.05, 0) is 19.8 Å². The predicted molar refractivity (Wildman–Crippen MR) is 143 cm³/mol. The van der Waals surface area contributed by atoms with Crippen LogP contribution in [-0.2, 0) is 18.6 Å². The lowest BCUT2D eigenvalue weighted by atomic mass is 10.1. The Morgan fingerprint density at radius 1 is 1.10 bits per heavy atom. The molecule has 9 N–H and O–H groups in total. The minimum Gasteiger partial charge on any atom is -0.396 e. The van der Waals surface area contributed by atoms with Gasteiger partial charge >= 0.3 is 7.60 Å². The summed E-state index contributed by atoms with van der Waals surface area (Å²) in [5.41, 5.74) is 10.2. The summed E-state index contributed by atoms with van der Waals surface area (Å²) in [5, 5.41) is 31.1. The number of nitrogens with two attached hydrogens (primary N) is 2. The highest BCUT2D eigenvalue weighted by molar-refractivity contribution is 7.53. The van der Waals surface area contributed by atoms with Gasteiger partial charge < -0.3 is 45.7 Å². The van der Waals surface area contributed by atoms with Crippen molar-refractivity contribution in [2.75, 3.05) is 18.1 Å². The fourth-order valence-corrected chi connectivity index (χ4v) is 7.26. The van der Waals surface area contributed by atoms with Crippen LogP contribution in [0, 0.1) is 0 Å². The van der Waals surface area contributed by atoms with Crippen LogP contribution in [0.5, 0.6) is 0 Å². The van der Waals surface area contributed by atoms with E-state index in [2.05, 4.69) is 29.9 Å².